The van der Waals surface area contributed by atoms with Crippen LogP contribution in [0.4, 0.5) is 5.69 Å². The van der Waals surface area contributed by atoms with Gasteiger partial charge in [-0.1, -0.05) is 24.3 Å². The Morgan fingerprint density at radius 2 is 1.84 bits per heavy atom. The van der Waals surface area contributed by atoms with Crippen LogP contribution in [0, 0.1) is 0 Å². The van der Waals surface area contributed by atoms with Crippen molar-refractivity contribution < 1.29 is 0 Å². The van der Waals surface area contributed by atoms with Gasteiger partial charge in [-0.3, -0.25) is 15.1 Å². The Bertz CT molecular complexity index is 1530. The number of benzene rings is 1. The molecule has 0 bridgehead atoms. The summed E-state index contributed by atoms with van der Waals surface area (Å²) in [5, 5.41) is 8.72. The zero-order valence-corrected chi connectivity index (χ0v) is 17.8. The molecule has 0 spiro atoms. The maximum Gasteiger partial charge on any atom is 0.159 e. The number of pyridine rings is 2. The second-order valence-corrected chi connectivity index (χ2v) is 8.12. The molecule has 0 aliphatic heterocycles. The maximum absolute atomic E-state index is 4.92. The first-order valence-corrected chi connectivity index (χ1v) is 10.5. The van der Waals surface area contributed by atoms with E-state index < -0.39 is 0 Å². The number of aromatic amines is 2. The predicted molar refractivity (Wildman–Crippen MR) is 128 cm³/mol. The van der Waals surface area contributed by atoms with Crippen LogP contribution in [0.25, 0.3) is 50.2 Å². The van der Waals surface area contributed by atoms with Gasteiger partial charge in [0.25, 0.3) is 0 Å². The fourth-order valence-electron chi connectivity index (χ4n) is 4.12. The number of H-pyrrole nitrogens is 2. The van der Waals surface area contributed by atoms with Gasteiger partial charge in [0.2, 0.25) is 0 Å². The Morgan fingerprint density at radius 1 is 0.938 bits per heavy atom. The van der Waals surface area contributed by atoms with E-state index in [4.69, 9.17) is 4.98 Å². The number of hydrogen-bond donors (Lipinski definition) is 2. The van der Waals surface area contributed by atoms with Crippen LogP contribution in [0.1, 0.15) is 12.0 Å². The van der Waals surface area contributed by atoms with Crippen molar-refractivity contribution in [2.75, 3.05) is 19.0 Å². The van der Waals surface area contributed by atoms with Crippen molar-refractivity contribution in [1.82, 2.24) is 30.1 Å². The van der Waals surface area contributed by atoms with E-state index in [-0.39, 0.29) is 0 Å². The Morgan fingerprint density at radius 3 is 2.69 bits per heavy atom. The summed E-state index contributed by atoms with van der Waals surface area (Å²) in [4.78, 5) is 19.2. The van der Waals surface area contributed by atoms with Crippen LogP contribution in [0.2, 0.25) is 0 Å². The van der Waals surface area contributed by atoms with Gasteiger partial charge in [-0.25, -0.2) is 4.98 Å². The van der Waals surface area contributed by atoms with Crippen molar-refractivity contribution in [2.24, 2.45) is 0 Å². The van der Waals surface area contributed by atoms with Crippen molar-refractivity contribution in [3.8, 4) is 22.6 Å². The van der Waals surface area contributed by atoms with Crippen molar-refractivity contribution >= 4 is 33.2 Å². The van der Waals surface area contributed by atoms with Gasteiger partial charge in [0.1, 0.15) is 5.69 Å². The van der Waals surface area contributed by atoms with Crippen molar-refractivity contribution in [3.05, 3.63) is 72.8 Å². The first-order valence-electron chi connectivity index (χ1n) is 10.5. The summed E-state index contributed by atoms with van der Waals surface area (Å²) in [7, 11) is 4.03. The SMILES string of the molecule is CN(C)c1cncc(-c2ccc3[nH]nc(-c4nc5c(C6=CCC=C6)cncc5[nH]4)c3c2)c1. The number of nitrogens with one attached hydrogen (secondary N) is 2. The summed E-state index contributed by atoms with van der Waals surface area (Å²) >= 11 is 0. The third-order valence-electron chi connectivity index (χ3n) is 5.84. The fourth-order valence-corrected chi connectivity index (χ4v) is 4.12. The minimum absolute atomic E-state index is 0.723. The molecule has 1 aromatic carbocycles. The van der Waals surface area contributed by atoms with Crippen LogP contribution in [0.3, 0.4) is 0 Å². The number of anilines is 1. The van der Waals surface area contributed by atoms with Gasteiger partial charge >= 0.3 is 0 Å². The quantitative estimate of drug-likeness (QED) is 0.429. The molecule has 2 N–H and O–H groups in total. The number of imidazole rings is 1. The number of nitrogens with zero attached hydrogens (tertiary/aromatic N) is 5. The van der Waals surface area contributed by atoms with Gasteiger partial charge in [-0.15, -0.1) is 0 Å². The lowest BCUT2D eigenvalue weighted by Crippen LogP contribution is -2.08. The summed E-state index contributed by atoms with van der Waals surface area (Å²) in [6.45, 7) is 0. The zero-order chi connectivity index (χ0) is 21.7. The van der Waals surface area contributed by atoms with Gasteiger partial charge < -0.3 is 9.88 Å². The van der Waals surface area contributed by atoms with Gasteiger partial charge in [0.05, 0.1) is 34.6 Å². The van der Waals surface area contributed by atoms with E-state index in [1.807, 2.05) is 49.8 Å². The number of rotatable bonds is 4. The summed E-state index contributed by atoms with van der Waals surface area (Å²) in [6, 6.07) is 8.41. The zero-order valence-electron chi connectivity index (χ0n) is 17.8. The topological polar surface area (TPSA) is 86.4 Å². The molecule has 156 valence electrons. The molecule has 4 heterocycles. The Balaban J connectivity index is 1.48. The molecule has 5 aromatic rings. The van der Waals surface area contributed by atoms with Crippen molar-refractivity contribution in [1.29, 1.82) is 0 Å². The maximum atomic E-state index is 4.92. The standard InChI is InChI=1S/C25H21N7/c1-32(2)18-9-17(11-26-12-18)16-7-8-21-19(10-16)24(31-30-21)25-28-22-14-27-13-20(23(22)29-25)15-5-3-4-6-15/h3,5-14H,4H2,1-2H3,(H,28,29)(H,30,31). The third kappa shape index (κ3) is 2.98. The van der Waals surface area contributed by atoms with E-state index in [9.17, 15) is 0 Å². The first kappa shape index (κ1) is 18.5. The lowest BCUT2D eigenvalue weighted by Gasteiger charge is -2.13. The minimum atomic E-state index is 0.723. The highest BCUT2D eigenvalue weighted by atomic mass is 15.1. The number of aromatic nitrogens is 6. The molecule has 7 nitrogen and oxygen atoms in total. The average molecular weight is 419 g/mol. The van der Waals surface area contributed by atoms with Crippen molar-refractivity contribution in [3.63, 3.8) is 0 Å². The van der Waals surface area contributed by atoms with E-state index in [1.165, 1.54) is 0 Å². The lowest BCUT2D eigenvalue weighted by atomic mass is 10.0. The molecule has 6 rings (SSSR count). The van der Waals surface area contributed by atoms with Gasteiger partial charge in [-0.05, 0) is 35.8 Å². The fraction of sp³-hybridized carbons (Fsp3) is 0.120. The summed E-state index contributed by atoms with van der Waals surface area (Å²) < 4.78 is 0. The number of allylic oxidation sites excluding steroid dienone is 4. The molecule has 4 aromatic heterocycles. The van der Waals surface area contributed by atoms with E-state index in [0.29, 0.717) is 0 Å². The third-order valence-corrected chi connectivity index (χ3v) is 5.84. The van der Waals surface area contributed by atoms with Crippen LogP contribution in [0.5, 0.6) is 0 Å². The molecule has 0 fully saturated rings. The van der Waals surface area contributed by atoms with E-state index >= 15 is 0 Å². The van der Waals surface area contributed by atoms with Crippen LogP contribution in [-0.2, 0) is 0 Å². The molecule has 0 saturated carbocycles. The second-order valence-electron chi connectivity index (χ2n) is 8.12. The van der Waals surface area contributed by atoms with Crippen molar-refractivity contribution in [2.45, 2.75) is 6.42 Å². The molecule has 32 heavy (non-hydrogen) atoms. The normalized spacial score (nSPS) is 13.2. The number of fused-ring (bicyclic) bond motifs is 2. The molecule has 7 heteroatoms. The number of hydrogen-bond acceptors (Lipinski definition) is 5. The molecular formula is C25H21N7. The molecule has 0 saturated heterocycles. The Hall–Kier alpha value is -4.26. The Kier molecular flexibility index (Phi) is 4.14. The summed E-state index contributed by atoms with van der Waals surface area (Å²) in [5.41, 5.74) is 8.93. The van der Waals surface area contributed by atoms with E-state index in [2.05, 4.69) is 61.6 Å². The highest BCUT2D eigenvalue weighted by Crippen LogP contribution is 2.33. The monoisotopic (exact) mass is 419 g/mol. The average Bonchev–Trinajstić information content (AvgIpc) is 3.57. The second kappa shape index (κ2) is 7.16. The van der Waals surface area contributed by atoms with Crippen LogP contribution >= 0.6 is 0 Å². The molecule has 0 amide bonds. The molecule has 0 unspecified atom stereocenters. The van der Waals surface area contributed by atoms with Gasteiger partial charge in [-0.2, -0.15) is 5.10 Å². The largest absolute Gasteiger partial charge is 0.376 e. The predicted octanol–water partition coefficient (Wildman–Crippen LogP) is 4.97. The molecule has 0 atom stereocenters. The van der Waals surface area contributed by atoms with Crippen LogP contribution in [0.15, 0.2) is 67.3 Å². The van der Waals surface area contributed by atoms with E-state index in [1.54, 1.807) is 0 Å². The Labute approximate surface area is 184 Å². The summed E-state index contributed by atoms with van der Waals surface area (Å²) in [5.74, 6) is 0.723. The molecule has 1 aliphatic carbocycles. The lowest BCUT2D eigenvalue weighted by molar-refractivity contribution is 1.10. The molecular weight excluding hydrogens is 398 g/mol. The first-order chi connectivity index (χ1) is 15.7. The van der Waals surface area contributed by atoms with Gasteiger partial charge in [0.15, 0.2) is 5.82 Å². The van der Waals surface area contributed by atoms with Crippen LogP contribution in [-0.4, -0.2) is 44.2 Å². The highest BCUT2D eigenvalue weighted by molar-refractivity contribution is 5.98. The smallest absolute Gasteiger partial charge is 0.159 e. The molecule has 0 radical (unpaired) electrons. The highest BCUT2D eigenvalue weighted by Gasteiger charge is 2.17. The van der Waals surface area contributed by atoms with Crippen LogP contribution < -0.4 is 4.90 Å². The summed E-state index contributed by atoms with van der Waals surface area (Å²) in [6.07, 6.45) is 14.8. The van der Waals surface area contributed by atoms with Gasteiger partial charge in [0, 0.05) is 43.0 Å². The minimum Gasteiger partial charge on any atom is -0.376 e. The molecule has 1 aliphatic rings. The van der Waals surface area contributed by atoms with E-state index in [0.717, 1.165) is 67.8 Å².